The molecular weight excluding hydrogens is 419 g/mol. The Balaban J connectivity index is 2.57. The Kier molecular flexibility index (Phi) is 3.69. The third-order valence-electron chi connectivity index (χ3n) is 2.01. The number of carboxylic acids is 1. The minimum absolute atomic E-state index is 0.0826. The van der Waals surface area contributed by atoms with Crippen LogP contribution in [0.1, 0.15) is 10.5 Å². The molecule has 0 saturated heterocycles. The first-order valence-electron chi connectivity index (χ1n) is 4.44. The number of hydrogen-bond donors (Lipinski definition) is 2. The van der Waals surface area contributed by atoms with Gasteiger partial charge in [-0.2, -0.15) is 0 Å². The van der Waals surface area contributed by atoms with Crippen molar-refractivity contribution in [3.05, 3.63) is 31.9 Å². The first-order valence-corrected chi connectivity index (χ1v) is 7.13. The number of carbonyl (C=O) groups is 1. The predicted molar refractivity (Wildman–Crippen MR) is 79.3 cm³/mol. The van der Waals surface area contributed by atoms with E-state index in [1.54, 1.807) is 0 Å². The molecule has 0 fully saturated rings. The molecule has 0 bridgehead atoms. The number of thiazole rings is 1. The monoisotopic (exact) mass is 424 g/mol. The highest BCUT2D eigenvalue weighted by Gasteiger charge is 2.17. The molecule has 0 amide bonds. The van der Waals surface area contributed by atoms with Crippen molar-refractivity contribution >= 4 is 60.8 Å². The maximum atomic E-state index is 10.9. The van der Waals surface area contributed by atoms with Crippen molar-refractivity contribution < 1.29 is 9.90 Å². The van der Waals surface area contributed by atoms with Gasteiger partial charge in [-0.15, -0.1) is 0 Å². The Labute approximate surface area is 123 Å². The molecule has 2 aromatic rings. The second-order valence-electron chi connectivity index (χ2n) is 3.16. The number of anilines is 1. The summed E-state index contributed by atoms with van der Waals surface area (Å²) in [6.45, 7) is 0. The fourth-order valence-electron chi connectivity index (χ4n) is 1.26. The van der Waals surface area contributed by atoms with Crippen molar-refractivity contribution in [2.24, 2.45) is 0 Å². The van der Waals surface area contributed by atoms with Crippen LogP contribution in [0.3, 0.4) is 0 Å². The van der Waals surface area contributed by atoms with E-state index < -0.39 is 5.97 Å². The van der Waals surface area contributed by atoms with Gasteiger partial charge in [-0.3, -0.25) is 0 Å². The van der Waals surface area contributed by atoms with E-state index in [1.165, 1.54) is 11.3 Å². The summed E-state index contributed by atoms with van der Waals surface area (Å²) in [6, 6.07) is 5.74. The number of nitrogens with zero attached hydrogens (tertiary/aromatic N) is 1. The van der Waals surface area contributed by atoms with Crippen LogP contribution < -0.4 is 5.73 Å². The summed E-state index contributed by atoms with van der Waals surface area (Å²) >= 11 is 6.73. The number of benzene rings is 1. The topological polar surface area (TPSA) is 76.2 Å². The van der Waals surface area contributed by atoms with Crippen LogP contribution in [-0.4, -0.2) is 16.1 Å². The molecular formula is C10H6BrIN2O2S. The van der Waals surface area contributed by atoms with E-state index in [1.807, 2.05) is 18.2 Å². The minimum atomic E-state index is -1.10. The highest BCUT2D eigenvalue weighted by atomic mass is 127. The van der Waals surface area contributed by atoms with Crippen LogP contribution in [0.5, 0.6) is 0 Å². The number of nitrogens with two attached hydrogens (primary N) is 1. The fourth-order valence-corrected chi connectivity index (χ4v) is 3.25. The van der Waals surface area contributed by atoms with Crippen LogP contribution in [0.25, 0.3) is 10.6 Å². The normalized spacial score (nSPS) is 10.5. The summed E-state index contributed by atoms with van der Waals surface area (Å²) < 4.78 is 1.91. The third kappa shape index (κ3) is 2.61. The lowest BCUT2D eigenvalue weighted by Crippen LogP contribution is -2.00. The van der Waals surface area contributed by atoms with Crippen molar-refractivity contribution in [1.82, 2.24) is 4.98 Å². The molecule has 0 spiro atoms. The van der Waals surface area contributed by atoms with Crippen LogP contribution in [0, 0.1) is 3.57 Å². The molecule has 2 rings (SSSR count). The molecule has 88 valence electrons. The van der Waals surface area contributed by atoms with Crippen molar-refractivity contribution in [1.29, 1.82) is 0 Å². The number of aromatic nitrogens is 1. The highest BCUT2D eigenvalue weighted by Crippen LogP contribution is 2.34. The first kappa shape index (κ1) is 12.8. The molecule has 0 radical (unpaired) electrons. The van der Waals surface area contributed by atoms with Crippen LogP contribution in [0.4, 0.5) is 5.00 Å². The van der Waals surface area contributed by atoms with E-state index in [0.29, 0.717) is 5.01 Å². The number of aromatic carboxylic acids is 1. The van der Waals surface area contributed by atoms with Crippen LogP contribution in [-0.2, 0) is 0 Å². The Morgan fingerprint density at radius 1 is 1.53 bits per heavy atom. The maximum absolute atomic E-state index is 10.9. The van der Waals surface area contributed by atoms with E-state index in [4.69, 9.17) is 10.8 Å². The molecule has 0 atom stereocenters. The maximum Gasteiger partial charge on any atom is 0.357 e. The van der Waals surface area contributed by atoms with Crippen molar-refractivity contribution in [2.75, 3.05) is 5.73 Å². The van der Waals surface area contributed by atoms with Crippen LogP contribution in [0.15, 0.2) is 22.7 Å². The average molecular weight is 425 g/mol. The van der Waals surface area contributed by atoms with Gasteiger partial charge >= 0.3 is 5.97 Å². The van der Waals surface area contributed by atoms with Gasteiger partial charge in [-0.25, -0.2) is 9.78 Å². The Morgan fingerprint density at radius 3 is 2.82 bits per heavy atom. The standard InChI is InChI=1S/C10H6BrIN2O2S/c11-4-1-2-6(12)5(3-4)9-14-7(10(15)16)8(13)17-9/h1-3H,13H2,(H,15,16). The number of halogens is 2. The molecule has 1 heterocycles. The molecule has 1 aromatic carbocycles. The Hall–Kier alpha value is -0.670. The zero-order valence-electron chi connectivity index (χ0n) is 8.28. The summed E-state index contributed by atoms with van der Waals surface area (Å²) in [5.41, 5.74) is 6.43. The van der Waals surface area contributed by atoms with Crippen LogP contribution in [0.2, 0.25) is 0 Å². The molecule has 7 heteroatoms. The lowest BCUT2D eigenvalue weighted by Gasteiger charge is -2.00. The summed E-state index contributed by atoms with van der Waals surface area (Å²) in [7, 11) is 0. The summed E-state index contributed by atoms with van der Waals surface area (Å²) in [4.78, 5) is 14.9. The quantitative estimate of drug-likeness (QED) is 0.724. The molecule has 0 aliphatic carbocycles. The van der Waals surface area contributed by atoms with E-state index in [9.17, 15) is 4.79 Å². The Bertz CT molecular complexity index is 600. The zero-order valence-corrected chi connectivity index (χ0v) is 12.8. The third-order valence-corrected chi connectivity index (χ3v) is 4.37. The molecule has 0 aliphatic rings. The van der Waals surface area contributed by atoms with E-state index in [0.717, 1.165) is 13.6 Å². The molecule has 0 aliphatic heterocycles. The predicted octanol–water partition coefficient (Wildman–Crippen LogP) is 3.46. The molecule has 4 nitrogen and oxygen atoms in total. The van der Waals surface area contributed by atoms with Gasteiger partial charge in [0.15, 0.2) is 5.69 Å². The molecule has 1 aromatic heterocycles. The van der Waals surface area contributed by atoms with Crippen molar-refractivity contribution in [3.8, 4) is 10.6 Å². The average Bonchev–Trinajstić information content (AvgIpc) is 2.64. The number of nitrogen functional groups attached to an aromatic ring is 1. The van der Waals surface area contributed by atoms with Gasteiger partial charge in [0.05, 0.1) is 0 Å². The van der Waals surface area contributed by atoms with Crippen LogP contribution >= 0.6 is 49.9 Å². The van der Waals surface area contributed by atoms with E-state index in [-0.39, 0.29) is 10.7 Å². The van der Waals surface area contributed by atoms with Gasteiger partial charge in [0.2, 0.25) is 0 Å². The zero-order chi connectivity index (χ0) is 12.6. The summed E-state index contributed by atoms with van der Waals surface area (Å²) in [6.07, 6.45) is 0. The van der Waals surface area contributed by atoms with Crippen molar-refractivity contribution in [3.63, 3.8) is 0 Å². The number of carboxylic acid groups (broad SMARTS) is 1. The largest absolute Gasteiger partial charge is 0.476 e. The van der Waals surface area contributed by atoms with Crippen molar-refractivity contribution in [2.45, 2.75) is 0 Å². The van der Waals surface area contributed by atoms with E-state index >= 15 is 0 Å². The number of rotatable bonds is 2. The summed E-state index contributed by atoms with van der Waals surface area (Å²) in [5.74, 6) is -1.10. The molecule has 3 N–H and O–H groups in total. The lowest BCUT2D eigenvalue weighted by molar-refractivity contribution is 0.0692. The fraction of sp³-hybridized carbons (Fsp3) is 0. The second-order valence-corrected chi connectivity index (χ2v) is 6.27. The van der Waals surface area contributed by atoms with Gasteiger partial charge in [-0.1, -0.05) is 27.3 Å². The molecule has 0 unspecified atom stereocenters. The number of hydrogen-bond acceptors (Lipinski definition) is 4. The Morgan fingerprint density at radius 2 is 2.24 bits per heavy atom. The van der Waals surface area contributed by atoms with E-state index in [2.05, 4.69) is 43.5 Å². The van der Waals surface area contributed by atoms with Gasteiger partial charge < -0.3 is 10.8 Å². The SMILES string of the molecule is Nc1sc(-c2cc(Br)ccc2I)nc1C(=O)O. The smallest absolute Gasteiger partial charge is 0.357 e. The van der Waals surface area contributed by atoms with Gasteiger partial charge in [-0.05, 0) is 40.8 Å². The summed E-state index contributed by atoms with van der Waals surface area (Å²) in [5, 5.41) is 9.74. The minimum Gasteiger partial charge on any atom is -0.476 e. The van der Waals surface area contributed by atoms with Gasteiger partial charge in [0, 0.05) is 13.6 Å². The second kappa shape index (κ2) is 4.91. The van der Waals surface area contributed by atoms with Gasteiger partial charge in [0.1, 0.15) is 10.0 Å². The molecule has 17 heavy (non-hydrogen) atoms. The highest BCUT2D eigenvalue weighted by molar-refractivity contribution is 14.1. The molecule has 0 saturated carbocycles. The van der Waals surface area contributed by atoms with Gasteiger partial charge in [0.25, 0.3) is 0 Å². The first-order chi connectivity index (χ1) is 7.99. The lowest BCUT2D eigenvalue weighted by atomic mass is 10.2.